The van der Waals surface area contributed by atoms with Gasteiger partial charge in [0, 0.05) is 12.4 Å². The first-order chi connectivity index (χ1) is 8.17. The molecular weight excluding hydrogens is 218 g/mol. The molecule has 0 fully saturated rings. The van der Waals surface area contributed by atoms with Crippen LogP contribution in [0.1, 0.15) is 12.5 Å². The molecule has 1 aromatic rings. The predicted octanol–water partition coefficient (Wildman–Crippen LogP) is 1.77. The molecule has 0 saturated heterocycles. The van der Waals surface area contributed by atoms with E-state index in [0.717, 1.165) is 5.56 Å². The Morgan fingerprint density at radius 1 is 1.71 bits per heavy atom. The summed E-state index contributed by atoms with van der Waals surface area (Å²) in [4.78, 5) is 15.3. The van der Waals surface area contributed by atoms with Crippen LogP contribution in [0.3, 0.4) is 0 Å². The number of ether oxygens (including phenoxy) is 1. The minimum absolute atomic E-state index is 0.0878. The Labute approximate surface area is 99.7 Å². The van der Waals surface area contributed by atoms with Gasteiger partial charge < -0.3 is 10.1 Å². The second kappa shape index (κ2) is 6.28. The Balaban J connectivity index is 2.75. The number of hydrogen-bond donors (Lipinski definition) is 1. The first-order valence-corrected chi connectivity index (χ1v) is 5.14. The number of pyridine rings is 1. The second-order valence-electron chi connectivity index (χ2n) is 3.25. The van der Waals surface area contributed by atoms with E-state index in [0.29, 0.717) is 5.82 Å². The van der Waals surface area contributed by atoms with Gasteiger partial charge in [-0.15, -0.1) is 0 Å². The molecule has 0 aliphatic rings. The smallest absolute Gasteiger partial charge is 0.350 e. The summed E-state index contributed by atoms with van der Waals surface area (Å²) in [6, 6.07) is 5.42. The third-order valence-corrected chi connectivity index (χ3v) is 1.90. The fourth-order valence-corrected chi connectivity index (χ4v) is 1.11. The number of nitriles is 1. The summed E-state index contributed by atoms with van der Waals surface area (Å²) in [5.41, 5.74) is 0.945. The predicted molar refractivity (Wildman–Crippen MR) is 62.9 cm³/mol. The van der Waals surface area contributed by atoms with E-state index in [2.05, 4.69) is 10.3 Å². The van der Waals surface area contributed by atoms with Gasteiger partial charge in [0.25, 0.3) is 0 Å². The lowest BCUT2D eigenvalue weighted by Crippen LogP contribution is -2.08. The standard InChI is InChI=1S/C12H13N3O2/c1-3-17-12(16)10(7-13)8-15-11-6-9(2)4-5-14-11/h4-6,8H,3H2,1-2H3,(H,14,15). The van der Waals surface area contributed by atoms with Crippen LogP contribution in [0.4, 0.5) is 5.82 Å². The van der Waals surface area contributed by atoms with Gasteiger partial charge >= 0.3 is 5.97 Å². The zero-order valence-corrected chi connectivity index (χ0v) is 9.73. The summed E-state index contributed by atoms with van der Waals surface area (Å²) in [5.74, 6) is -0.0720. The van der Waals surface area contributed by atoms with Gasteiger partial charge in [0.1, 0.15) is 11.9 Å². The van der Waals surface area contributed by atoms with Gasteiger partial charge in [0.15, 0.2) is 5.57 Å². The summed E-state index contributed by atoms with van der Waals surface area (Å²) in [5, 5.41) is 11.6. The van der Waals surface area contributed by atoms with Crippen LogP contribution in [0, 0.1) is 18.3 Å². The minimum atomic E-state index is -0.643. The fraction of sp³-hybridized carbons (Fsp3) is 0.250. The molecular formula is C12H13N3O2. The molecule has 17 heavy (non-hydrogen) atoms. The third kappa shape index (κ3) is 3.95. The molecule has 0 bridgehead atoms. The van der Waals surface area contributed by atoms with Gasteiger partial charge in [-0.25, -0.2) is 9.78 Å². The van der Waals surface area contributed by atoms with Gasteiger partial charge in [-0.3, -0.25) is 0 Å². The molecule has 0 amide bonds. The molecule has 88 valence electrons. The molecule has 0 spiro atoms. The monoisotopic (exact) mass is 231 g/mol. The fourth-order valence-electron chi connectivity index (χ4n) is 1.11. The summed E-state index contributed by atoms with van der Waals surface area (Å²) < 4.78 is 4.72. The van der Waals surface area contributed by atoms with E-state index in [1.165, 1.54) is 6.20 Å². The van der Waals surface area contributed by atoms with Crippen molar-refractivity contribution in [2.45, 2.75) is 13.8 Å². The summed E-state index contributed by atoms with van der Waals surface area (Å²) in [6.45, 7) is 3.84. The highest BCUT2D eigenvalue weighted by atomic mass is 16.5. The lowest BCUT2D eigenvalue weighted by atomic mass is 10.3. The van der Waals surface area contributed by atoms with Crippen molar-refractivity contribution in [2.24, 2.45) is 0 Å². The Bertz CT molecular complexity index is 475. The first kappa shape index (κ1) is 12.7. The van der Waals surface area contributed by atoms with Gasteiger partial charge in [0.05, 0.1) is 6.61 Å². The normalized spacial score (nSPS) is 10.5. The van der Waals surface area contributed by atoms with Crippen molar-refractivity contribution in [2.75, 3.05) is 11.9 Å². The molecule has 1 aromatic heterocycles. The van der Waals surface area contributed by atoms with Crippen molar-refractivity contribution in [1.82, 2.24) is 4.98 Å². The van der Waals surface area contributed by atoms with Crippen LogP contribution in [-0.4, -0.2) is 17.6 Å². The van der Waals surface area contributed by atoms with E-state index >= 15 is 0 Å². The van der Waals surface area contributed by atoms with Crippen molar-refractivity contribution < 1.29 is 9.53 Å². The topological polar surface area (TPSA) is 75.0 Å². The van der Waals surface area contributed by atoms with Gasteiger partial charge in [0.2, 0.25) is 0 Å². The van der Waals surface area contributed by atoms with Crippen molar-refractivity contribution in [1.29, 1.82) is 5.26 Å². The zero-order valence-electron chi connectivity index (χ0n) is 9.73. The average Bonchev–Trinajstić information content (AvgIpc) is 2.30. The highest BCUT2D eigenvalue weighted by molar-refractivity contribution is 5.93. The zero-order chi connectivity index (χ0) is 12.7. The Morgan fingerprint density at radius 2 is 2.47 bits per heavy atom. The van der Waals surface area contributed by atoms with Crippen LogP contribution in [0.2, 0.25) is 0 Å². The molecule has 0 aliphatic carbocycles. The van der Waals surface area contributed by atoms with Gasteiger partial charge in [-0.1, -0.05) is 0 Å². The van der Waals surface area contributed by atoms with Gasteiger partial charge in [-0.2, -0.15) is 5.26 Å². The van der Waals surface area contributed by atoms with E-state index < -0.39 is 5.97 Å². The average molecular weight is 231 g/mol. The van der Waals surface area contributed by atoms with Crippen LogP contribution >= 0.6 is 0 Å². The van der Waals surface area contributed by atoms with Crippen LogP contribution in [-0.2, 0) is 9.53 Å². The SMILES string of the molecule is CCOC(=O)C(C#N)=CNc1cc(C)ccn1. The number of esters is 1. The third-order valence-electron chi connectivity index (χ3n) is 1.90. The van der Waals surface area contributed by atoms with Crippen LogP contribution in [0.5, 0.6) is 0 Å². The summed E-state index contributed by atoms with van der Waals surface area (Å²) in [7, 11) is 0. The molecule has 1 rings (SSSR count). The van der Waals surface area contributed by atoms with Crippen LogP contribution < -0.4 is 5.32 Å². The van der Waals surface area contributed by atoms with Crippen LogP contribution in [0.15, 0.2) is 30.1 Å². The van der Waals surface area contributed by atoms with Crippen molar-refractivity contribution >= 4 is 11.8 Å². The molecule has 0 atom stereocenters. The maximum Gasteiger partial charge on any atom is 0.350 e. The molecule has 5 heteroatoms. The maximum atomic E-state index is 11.3. The highest BCUT2D eigenvalue weighted by Crippen LogP contribution is 2.06. The van der Waals surface area contributed by atoms with Crippen molar-refractivity contribution in [3.63, 3.8) is 0 Å². The first-order valence-electron chi connectivity index (χ1n) is 5.14. The second-order valence-corrected chi connectivity index (χ2v) is 3.25. The maximum absolute atomic E-state index is 11.3. The highest BCUT2D eigenvalue weighted by Gasteiger charge is 2.08. The van der Waals surface area contributed by atoms with E-state index in [1.807, 2.05) is 13.0 Å². The Morgan fingerprint density at radius 3 is 3.06 bits per heavy atom. The van der Waals surface area contributed by atoms with E-state index in [4.69, 9.17) is 10.00 Å². The van der Waals surface area contributed by atoms with E-state index in [-0.39, 0.29) is 12.2 Å². The molecule has 5 nitrogen and oxygen atoms in total. The largest absolute Gasteiger partial charge is 0.462 e. The molecule has 0 unspecified atom stereocenters. The van der Waals surface area contributed by atoms with Crippen molar-refractivity contribution in [3.05, 3.63) is 35.7 Å². The number of carbonyl (C=O) groups is 1. The van der Waals surface area contributed by atoms with E-state index in [9.17, 15) is 4.79 Å². The summed E-state index contributed by atoms with van der Waals surface area (Å²) in [6.07, 6.45) is 2.93. The molecule has 0 aliphatic heterocycles. The molecule has 1 heterocycles. The summed E-state index contributed by atoms with van der Waals surface area (Å²) >= 11 is 0. The van der Waals surface area contributed by atoms with E-state index in [1.54, 1.807) is 25.3 Å². The number of nitrogens with zero attached hydrogens (tertiary/aromatic N) is 2. The molecule has 0 aromatic carbocycles. The Kier molecular flexibility index (Phi) is 4.70. The lowest BCUT2D eigenvalue weighted by molar-refractivity contribution is -0.138. The van der Waals surface area contributed by atoms with Crippen molar-refractivity contribution in [3.8, 4) is 6.07 Å². The number of aryl methyl sites for hydroxylation is 1. The van der Waals surface area contributed by atoms with Crippen LogP contribution in [0.25, 0.3) is 0 Å². The molecule has 0 saturated carbocycles. The van der Waals surface area contributed by atoms with Gasteiger partial charge in [-0.05, 0) is 31.5 Å². The number of nitrogens with one attached hydrogen (secondary N) is 1. The molecule has 1 N–H and O–H groups in total. The number of hydrogen-bond acceptors (Lipinski definition) is 5. The minimum Gasteiger partial charge on any atom is -0.462 e. The Hall–Kier alpha value is -2.35. The number of aromatic nitrogens is 1. The number of carbonyl (C=O) groups excluding carboxylic acids is 1. The lowest BCUT2D eigenvalue weighted by Gasteiger charge is -2.02. The number of rotatable bonds is 4. The quantitative estimate of drug-likeness (QED) is 0.485. The molecule has 0 radical (unpaired) electrons. The number of anilines is 1.